The molecule has 152 valence electrons. The Morgan fingerprint density at radius 2 is 1.89 bits per heavy atom. The second-order valence-corrected chi connectivity index (χ2v) is 8.39. The van der Waals surface area contributed by atoms with Crippen LogP contribution in [-0.2, 0) is 14.8 Å². The number of anilines is 1. The van der Waals surface area contributed by atoms with Crippen LogP contribution >= 0.6 is 0 Å². The quantitative estimate of drug-likeness (QED) is 0.737. The van der Waals surface area contributed by atoms with Gasteiger partial charge in [0.2, 0.25) is 15.9 Å². The molecule has 28 heavy (non-hydrogen) atoms. The molecule has 0 unspecified atom stereocenters. The lowest BCUT2D eigenvalue weighted by molar-refractivity contribution is -0.117. The fourth-order valence-corrected chi connectivity index (χ4v) is 4.38. The Hall–Kier alpha value is -2.43. The van der Waals surface area contributed by atoms with Gasteiger partial charge in [0.1, 0.15) is 11.5 Å². The van der Waals surface area contributed by atoms with E-state index in [4.69, 9.17) is 9.26 Å². The molecule has 0 saturated carbocycles. The second kappa shape index (κ2) is 8.72. The molecule has 1 N–H and O–H groups in total. The SMILES string of the molecule is CCOc1ccc(S(=O)(=O)N2CCN(CC(=O)Nc3cc(C)on3)CC2)cc1. The fraction of sp³-hybridized carbons (Fsp3) is 0.444. The standard InChI is InChI=1S/C18H24N4O5S/c1-3-26-15-4-6-16(7-5-15)28(24,25)22-10-8-21(9-11-22)13-18(23)19-17-12-14(2)27-20-17/h4-7,12H,3,8-11,13H2,1-2H3,(H,19,20,23). The maximum Gasteiger partial charge on any atom is 0.243 e. The van der Waals surface area contributed by atoms with Crippen LogP contribution in [0.3, 0.4) is 0 Å². The summed E-state index contributed by atoms with van der Waals surface area (Å²) < 4.78 is 37.3. The largest absolute Gasteiger partial charge is 0.494 e. The molecule has 2 aromatic rings. The molecule has 3 rings (SSSR count). The van der Waals surface area contributed by atoms with Crippen molar-refractivity contribution in [2.45, 2.75) is 18.7 Å². The lowest BCUT2D eigenvalue weighted by Gasteiger charge is -2.33. The maximum absolute atomic E-state index is 12.8. The highest BCUT2D eigenvalue weighted by Gasteiger charge is 2.29. The number of benzene rings is 1. The molecule has 1 amide bonds. The second-order valence-electron chi connectivity index (χ2n) is 6.46. The van der Waals surface area contributed by atoms with Crippen molar-refractivity contribution in [2.24, 2.45) is 0 Å². The van der Waals surface area contributed by atoms with Crippen molar-refractivity contribution >= 4 is 21.7 Å². The maximum atomic E-state index is 12.8. The van der Waals surface area contributed by atoms with Crippen LogP contribution in [0.5, 0.6) is 5.75 Å². The molecular weight excluding hydrogens is 384 g/mol. The topological polar surface area (TPSA) is 105 Å². The summed E-state index contributed by atoms with van der Waals surface area (Å²) in [5, 5.41) is 6.39. The Bertz CT molecular complexity index is 902. The van der Waals surface area contributed by atoms with Crippen LogP contribution in [0.1, 0.15) is 12.7 Å². The van der Waals surface area contributed by atoms with E-state index < -0.39 is 10.0 Å². The summed E-state index contributed by atoms with van der Waals surface area (Å²) in [7, 11) is -3.56. The zero-order chi connectivity index (χ0) is 20.1. The number of aryl methyl sites for hydroxylation is 1. The number of nitrogens with one attached hydrogen (secondary N) is 1. The first-order chi connectivity index (χ1) is 13.4. The van der Waals surface area contributed by atoms with Crippen LogP contribution in [0.15, 0.2) is 39.8 Å². The predicted molar refractivity (Wildman–Crippen MR) is 103 cm³/mol. The van der Waals surface area contributed by atoms with Crippen LogP contribution in [-0.4, -0.2) is 68.0 Å². The van der Waals surface area contributed by atoms with E-state index in [0.29, 0.717) is 50.1 Å². The molecule has 1 saturated heterocycles. The monoisotopic (exact) mass is 408 g/mol. The van der Waals surface area contributed by atoms with Crippen LogP contribution in [0.4, 0.5) is 5.82 Å². The third-order valence-electron chi connectivity index (χ3n) is 4.37. The molecule has 1 fully saturated rings. The first-order valence-electron chi connectivity index (χ1n) is 9.07. The normalized spacial score (nSPS) is 16.1. The van der Waals surface area contributed by atoms with Crippen LogP contribution < -0.4 is 10.1 Å². The summed E-state index contributed by atoms with van der Waals surface area (Å²) in [5.41, 5.74) is 0. The van der Waals surface area contributed by atoms with Gasteiger partial charge < -0.3 is 14.6 Å². The average molecular weight is 408 g/mol. The Kier molecular flexibility index (Phi) is 6.32. The first-order valence-corrected chi connectivity index (χ1v) is 10.5. The molecule has 0 spiro atoms. The summed E-state index contributed by atoms with van der Waals surface area (Å²) in [6.45, 7) is 5.91. The smallest absolute Gasteiger partial charge is 0.243 e. The number of nitrogens with zero attached hydrogens (tertiary/aromatic N) is 3. The summed E-state index contributed by atoms with van der Waals surface area (Å²) in [4.78, 5) is 14.2. The van der Waals surface area contributed by atoms with Gasteiger partial charge in [-0.2, -0.15) is 4.31 Å². The fourth-order valence-electron chi connectivity index (χ4n) is 2.96. The van der Waals surface area contributed by atoms with Gasteiger partial charge in [-0.3, -0.25) is 9.69 Å². The highest BCUT2D eigenvalue weighted by Crippen LogP contribution is 2.21. The number of ether oxygens (including phenoxy) is 1. The van der Waals surface area contributed by atoms with E-state index in [-0.39, 0.29) is 17.3 Å². The van der Waals surface area contributed by atoms with Gasteiger partial charge in [0.25, 0.3) is 0 Å². The Labute approximate surface area is 164 Å². The number of rotatable bonds is 7. The molecule has 1 aliphatic heterocycles. The summed E-state index contributed by atoms with van der Waals surface area (Å²) in [5.74, 6) is 1.42. The van der Waals surface area contributed by atoms with E-state index in [9.17, 15) is 13.2 Å². The van der Waals surface area contributed by atoms with Crippen molar-refractivity contribution < 1.29 is 22.5 Å². The predicted octanol–water partition coefficient (Wildman–Crippen LogP) is 1.33. The number of sulfonamides is 1. The number of carbonyl (C=O) groups is 1. The van der Waals surface area contributed by atoms with Crippen molar-refractivity contribution in [3.8, 4) is 5.75 Å². The third-order valence-corrected chi connectivity index (χ3v) is 6.28. The minimum Gasteiger partial charge on any atom is -0.494 e. The molecule has 0 atom stereocenters. The number of hydrogen-bond acceptors (Lipinski definition) is 7. The molecule has 0 bridgehead atoms. The van der Waals surface area contributed by atoms with Crippen molar-refractivity contribution in [1.82, 2.24) is 14.4 Å². The van der Waals surface area contributed by atoms with Crippen molar-refractivity contribution in [3.63, 3.8) is 0 Å². The number of carbonyl (C=O) groups excluding carboxylic acids is 1. The van der Waals surface area contributed by atoms with E-state index in [2.05, 4.69) is 10.5 Å². The van der Waals surface area contributed by atoms with Crippen LogP contribution in [0.2, 0.25) is 0 Å². The zero-order valence-corrected chi connectivity index (χ0v) is 16.7. The molecular formula is C18H24N4O5S. The van der Waals surface area contributed by atoms with Gasteiger partial charge in [-0.25, -0.2) is 8.42 Å². The molecule has 2 heterocycles. The first kappa shape index (κ1) is 20.3. The minimum absolute atomic E-state index is 0.169. The van der Waals surface area contributed by atoms with Gasteiger partial charge in [0, 0.05) is 32.2 Å². The molecule has 1 aromatic carbocycles. The van der Waals surface area contributed by atoms with Gasteiger partial charge in [-0.1, -0.05) is 5.16 Å². The number of aromatic nitrogens is 1. The number of piperazine rings is 1. The summed E-state index contributed by atoms with van der Waals surface area (Å²) in [6, 6.07) is 8.06. The molecule has 9 nitrogen and oxygen atoms in total. The van der Waals surface area contributed by atoms with E-state index in [1.807, 2.05) is 11.8 Å². The molecule has 0 aliphatic carbocycles. The molecule has 1 aliphatic rings. The van der Waals surface area contributed by atoms with Gasteiger partial charge in [0.05, 0.1) is 18.0 Å². The Morgan fingerprint density at radius 1 is 1.21 bits per heavy atom. The van der Waals surface area contributed by atoms with Crippen LogP contribution in [0, 0.1) is 6.92 Å². The van der Waals surface area contributed by atoms with Gasteiger partial charge in [-0.05, 0) is 38.1 Å². The van der Waals surface area contributed by atoms with Gasteiger partial charge in [-0.15, -0.1) is 0 Å². The lowest BCUT2D eigenvalue weighted by atomic mass is 10.3. The lowest BCUT2D eigenvalue weighted by Crippen LogP contribution is -2.50. The minimum atomic E-state index is -3.56. The average Bonchev–Trinajstić information content (AvgIpc) is 3.07. The van der Waals surface area contributed by atoms with Gasteiger partial charge in [0.15, 0.2) is 5.82 Å². The number of hydrogen-bond donors (Lipinski definition) is 1. The van der Waals surface area contributed by atoms with E-state index in [1.54, 1.807) is 37.3 Å². The highest BCUT2D eigenvalue weighted by atomic mass is 32.2. The molecule has 1 aromatic heterocycles. The van der Waals surface area contributed by atoms with Crippen molar-refractivity contribution in [3.05, 3.63) is 36.1 Å². The van der Waals surface area contributed by atoms with Gasteiger partial charge >= 0.3 is 0 Å². The van der Waals surface area contributed by atoms with E-state index in [0.717, 1.165) is 0 Å². The van der Waals surface area contributed by atoms with Crippen molar-refractivity contribution in [2.75, 3.05) is 44.6 Å². The summed E-state index contributed by atoms with van der Waals surface area (Å²) in [6.07, 6.45) is 0. The summed E-state index contributed by atoms with van der Waals surface area (Å²) >= 11 is 0. The molecule has 10 heteroatoms. The van der Waals surface area contributed by atoms with Crippen LogP contribution in [0.25, 0.3) is 0 Å². The van der Waals surface area contributed by atoms with E-state index >= 15 is 0 Å². The zero-order valence-electron chi connectivity index (χ0n) is 15.9. The van der Waals surface area contributed by atoms with E-state index in [1.165, 1.54) is 4.31 Å². The Morgan fingerprint density at radius 3 is 2.46 bits per heavy atom. The molecule has 0 radical (unpaired) electrons. The highest BCUT2D eigenvalue weighted by molar-refractivity contribution is 7.89. The van der Waals surface area contributed by atoms with Crippen molar-refractivity contribution in [1.29, 1.82) is 0 Å². The Balaban J connectivity index is 1.53. The third kappa shape index (κ3) is 4.89. The number of amides is 1.